The summed E-state index contributed by atoms with van der Waals surface area (Å²) in [4.78, 5) is 11.8. The quantitative estimate of drug-likeness (QED) is 0.751. The molecule has 0 atom stereocenters. The van der Waals surface area contributed by atoms with Crippen molar-refractivity contribution in [2.75, 3.05) is 13.2 Å². The average molecular weight is 280 g/mol. The van der Waals surface area contributed by atoms with E-state index < -0.39 is 0 Å². The minimum atomic E-state index is -0.192. The van der Waals surface area contributed by atoms with E-state index in [2.05, 4.69) is 5.32 Å². The molecule has 1 aliphatic rings. The third-order valence-corrected chi connectivity index (χ3v) is 3.60. The van der Waals surface area contributed by atoms with Gasteiger partial charge in [-0.15, -0.1) is 0 Å². The van der Waals surface area contributed by atoms with Gasteiger partial charge >= 0.3 is 0 Å². The van der Waals surface area contributed by atoms with Crippen LogP contribution in [0.2, 0.25) is 0 Å². The Morgan fingerprint density at radius 1 is 1.35 bits per heavy atom. The van der Waals surface area contributed by atoms with Gasteiger partial charge in [0.05, 0.1) is 12.6 Å². The molecule has 0 radical (unpaired) electrons. The minimum absolute atomic E-state index is 0.192. The molecular formula is C15H24N2O3. The summed E-state index contributed by atoms with van der Waals surface area (Å²) < 4.78 is 11.1. The molecule has 0 aliphatic heterocycles. The average Bonchev–Trinajstić information content (AvgIpc) is 2.97. The van der Waals surface area contributed by atoms with Crippen LogP contribution < -0.4 is 11.1 Å². The van der Waals surface area contributed by atoms with Crippen LogP contribution in [0.25, 0.3) is 0 Å². The van der Waals surface area contributed by atoms with Crippen LogP contribution in [-0.2, 0) is 11.3 Å². The maximum absolute atomic E-state index is 11.8. The Kier molecular flexibility index (Phi) is 6.08. The molecule has 3 N–H and O–H groups in total. The standard InChI is InChI=1S/C15H24N2O3/c16-11-13-7-8-14(20-13)15(18)17-9-4-10-19-12-5-2-1-3-6-12/h7-8,12H,1-6,9-11,16H2,(H,17,18). The second-order valence-electron chi connectivity index (χ2n) is 5.21. The van der Waals surface area contributed by atoms with Gasteiger partial charge in [-0.2, -0.15) is 0 Å². The Bertz CT molecular complexity index is 411. The molecule has 1 fully saturated rings. The highest BCUT2D eigenvalue weighted by atomic mass is 16.5. The van der Waals surface area contributed by atoms with Crippen molar-refractivity contribution in [2.45, 2.75) is 51.2 Å². The topological polar surface area (TPSA) is 77.5 Å². The van der Waals surface area contributed by atoms with Gasteiger partial charge in [0.15, 0.2) is 5.76 Å². The van der Waals surface area contributed by atoms with Crippen molar-refractivity contribution in [2.24, 2.45) is 5.73 Å². The molecule has 0 aromatic carbocycles. The maximum Gasteiger partial charge on any atom is 0.286 e. The summed E-state index contributed by atoms with van der Waals surface area (Å²) in [5.74, 6) is 0.747. The van der Waals surface area contributed by atoms with E-state index in [-0.39, 0.29) is 5.91 Å². The fourth-order valence-electron chi connectivity index (χ4n) is 2.45. The van der Waals surface area contributed by atoms with E-state index in [1.807, 2.05) is 0 Å². The van der Waals surface area contributed by atoms with Crippen molar-refractivity contribution in [3.8, 4) is 0 Å². The van der Waals surface area contributed by atoms with Crippen molar-refractivity contribution in [3.63, 3.8) is 0 Å². The molecule has 1 saturated carbocycles. The number of nitrogens with one attached hydrogen (secondary N) is 1. The highest BCUT2D eigenvalue weighted by Gasteiger charge is 2.13. The summed E-state index contributed by atoms with van der Waals surface area (Å²) in [6, 6.07) is 3.37. The number of carbonyl (C=O) groups excluding carboxylic acids is 1. The van der Waals surface area contributed by atoms with E-state index in [0.717, 1.165) is 6.42 Å². The molecule has 2 rings (SSSR count). The zero-order valence-electron chi connectivity index (χ0n) is 11.9. The molecule has 0 spiro atoms. The first-order chi connectivity index (χ1) is 9.79. The van der Waals surface area contributed by atoms with Gasteiger partial charge in [-0.3, -0.25) is 4.79 Å². The van der Waals surface area contributed by atoms with Gasteiger partial charge in [-0.1, -0.05) is 19.3 Å². The molecule has 1 amide bonds. The van der Waals surface area contributed by atoms with E-state index in [4.69, 9.17) is 14.9 Å². The Balaban J connectivity index is 1.57. The maximum atomic E-state index is 11.8. The zero-order valence-corrected chi connectivity index (χ0v) is 11.9. The predicted molar refractivity (Wildman–Crippen MR) is 76.4 cm³/mol. The van der Waals surface area contributed by atoms with Gasteiger partial charge < -0.3 is 20.2 Å². The van der Waals surface area contributed by atoms with Crippen LogP contribution in [0.3, 0.4) is 0 Å². The van der Waals surface area contributed by atoms with Crippen molar-refractivity contribution in [1.82, 2.24) is 5.32 Å². The number of ether oxygens (including phenoxy) is 1. The van der Waals surface area contributed by atoms with Crippen LogP contribution >= 0.6 is 0 Å². The van der Waals surface area contributed by atoms with E-state index in [9.17, 15) is 4.79 Å². The monoisotopic (exact) mass is 280 g/mol. The lowest BCUT2D eigenvalue weighted by Gasteiger charge is -2.21. The summed E-state index contributed by atoms with van der Waals surface area (Å²) in [6.07, 6.45) is 7.52. The molecular weight excluding hydrogens is 256 g/mol. The SMILES string of the molecule is NCc1ccc(C(=O)NCCCOC2CCCCC2)o1. The zero-order chi connectivity index (χ0) is 14.2. The van der Waals surface area contributed by atoms with Crippen molar-refractivity contribution >= 4 is 5.91 Å². The summed E-state index contributed by atoms with van der Waals surface area (Å²) in [7, 11) is 0. The van der Waals surface area contributed by atoms with Crippen molar-refractivity contribution in [3.05, 3.63) is 23.7 Å². The first-order valence-corrected chi connectivity index (χ1v) is 7.48. The molecule has 0 saturated heterocycles. The van der Waals surface area contributed by atoms with Crippen LogP contribution in [0.4, 0.5) is 0 Å². The Morgan fingerprint density at radius 2 is 2.15 bits per heavy atom. The smallest absolute Gasteiger partial charge is 0.286 e. The summed E-state index contributed by atoms with van der Waals surface area (Å²) in [6.45, 7) is 1.61. The van der Waals surface area contributed by atoms with Crippen LogP contribution in [0.5, 0.6) is 0 Å². The van der Waals surface area contributed by atoms with E-state index in [1.54, 1.807) is 12.1 Å². The highest BCUT2D eigenvalue weighted by Crippen LogP contribution is 2.20. The molecule has 0 bridgehead atoms. The fourth-order valence-corrected chi connectivity index (χ4v) is 2.45. The van der Waals surface area contributed by atoms with Crippen LogP contribution in [0.1, 0.15) is 54.8 Å². The van der Waals surface area contributed by atoms with Crippen LogP contribution in [0, 0.1) is 0 Å². The van der Waals surface area contributed by atoms with Crippen LogP contribution in [-0.4, -0.2) is 25.2 Å². The van der Waals surface area contributed by atoms with Gasteiger partial charge in [0, 0.05) is 13.2 Å². The second-order valence-corrected chi connectivity index (χ2v) is 5.21. The molecule has 0 unspecified atom stereocenters. The molecule has 5 heteroatoms. The normalized spacial score (nSPS) is 16.2. The van der Waals surface area contributed by atoms with Crippen molar-refractivity contribution in [1.29, 1.82) is 0 Å². The van der Waals surface area contributed by atoms with E-state index in [1.165, 1.54) is 32.1 Å². The Morgan fingerprint density at radius 3 is 2.85 bits per heavy atom. The molecule has 1 aliphatic carbocycles. The van der Waals surface area contributed by atoms with Gasteiger partial charge in [-0.25, -0.2) is 0 Å². The summed E-state index contributed by atoms with van der Waals surface area (Å²) >= 11 is 0. The number of nitrogens with two attached hydrogens (primary N) is 1. The number of furan rings is 1. The fraction of sp³-hybridized carbons (Fsp3) is 0.667. The van der Waals surface area contributed by atoms with E-state index in [0.29, 0.717) is 37.3 Å². The second kappa shape index (κ2) is 8.07. The largest absolute Gasteiger partial charge is 0.455 e. The third-order valence-electron chi connectivity index (χ3n) is 3.60. The third kappa shape index (κ3) is 4.65. The molecule has 5 nitrogen and oxygen atoms in total. The van der Waals surface area contributed by atoms with Crippen molar-refractivity contribution < 1.29 is 13.9 Å². The molecule has 1 aromatic heterocycles. The van der Waals surface area contributed by atoms with Gasteiger partial charge in [0.2, 0.25) is 0 Å². The predicted octanol–water partition coefficient (Wildman–Crippen LogP) is 2.21. The lowest BCUT2D eigenvalue weighted by molar-refractivity contribution is 0.0273. The minimum Gasteiger partial charge on any atom is -0.455 e. The highest BCUT2D eigenvalue weighted by molar-refractivity contribution is 5.91. The number of hydrogen-bond donors (Lipinski definition) is 2. The lowest BCUT2D eigenvalue weighted by Crippen LogP contribution is -2.26. The van der Waals surface area contributed by atoms with Crippen LogP contribution in [0.15, 0.2) is 16.5 Å². The van der Waals surface area contributed by atoms with Gasteiger partial charge in [0.1, 0.15) is 5.76 Å². The summed E-state index contributed by atoms with van der Waals surface area (Å²) in [5, 5.41) is 2.82. The molecule has 20 heavy (non-hydrogen) atoms. The van der Waals surface area contributed by atoms with Gasteiger partial charge in [-0.05, 0) is 31.4 Å². The number of carbonyl (C=O) groups is 1. The number of amides is 1. The number of hydrogen-bond acceptors (Lipinski definition) is 4. The van der Waals surface area contributed by atoms with Gasteiger partial charge in [0.25, 0.3) is 5.91 Å². The molecule has 1 aromatic rings. The first kappa shape index (κ1) is 15.1. The molecule has 1 heterocycles. The Hall–Kier alpha value is -1.33. The Labute approximate surface area is 119 Å². The lowest BCUT2D eigenvalue weighted by atomic mass is 9.98. The van der Waals surface area contributed by atoms with E-state index >= 15 is 0 Å². The number of rotatable bonds is 7. The summed E-state index contributed by atoms with van der Waals surface area (Å²) in [5.41, 5.74) is 5.43. The molecule has 112 valence electrons. The first-order valence-electron chi connectivity index (χ1n) is 7.48.